The number of carbonyl (C=O) groups is 1. The summed E-state index contributed by atoms with van der Waals surface area (Å²) in [5, 5.41) is 2.61. The minimum Gasteiger partial charge on any atom is -0.496 e. The van der Waals surface area contributed by atoms with Crippen molar-refractivity contribution in [3.8, 4) is 11.5 Å². The summed E-state index contributed by atoms with van der Waals surface area (Å²) < 4.78 is 37.1. The summed E-state index contributed by atoms with van der Waals surface area (Å²) in [6.07, 6.45) is 3.86. The quantitative estimate of drug-likeness (QED) is 0.732. The number of hydrogen-bond acceptors (Lipinski definition) is 5. The first-order chi connectivity index (χ1) is 11.5. The molecule has 2 N–H and O–H groups in total. The highest BCUT2D eigenvalue weighted by Gasteiger charge is 2.22. The Kier molecular flexibility index (Phi) is 6.44. The van der Waals surface area contributed by atoms with Crippen molar-refractivity contribution in [3.05, 3.63) is 23.8 Å². The molecule has 0 aromatic heterocycles. The predicted molar refractivity (Wildman–Crippen MR) is 91.1 cm³/mol. The maximum Gasteiger partial charge on any atom is 0.258 e. The third-order valence-electron chi connectivity index (χ3n) is 4.01. The van der Waals surface area contributed by atoms with Gasteiger partial charge in [0.15, 0.2) is 0 Å². The minimum absolute atomic E-state index is 0.0160. The maximum atomic E-state index is 12.3. The summed E-state index contributed by atoms with van der Waals surface area (Å²) >= 11 is 0. The van der Waals surface area contributed by atoms with E-state index in [-0.39, 0.29) is 23.9 Å². The van der Waals surface area contributed by atoms with Crippen LogP contribution in [0.1, 0.15) is 36.0 Å². The summed E-state index contributed by atoms with van der Waals surface area (Å²) in [7, 11) is -0.482. The normalized spacial score (nSPS) is 15.2. The van der Waals surface area contributed by atoms with Gasteiger partial charge in [-0.3, -0.25) is 4.79 Å². The fourth-order valence-corrected chi connectivity index (χ4v) is 4.05. The number of ether oxygens (including phenoxy) is 2. The monoisotopic (exact) mass is 356 g/mol. The van der Waals surface area contributed by atoms with Gasteiger partial charge in [-0.15, -0.1) is 0 Å². The summed E-state index contributed by atoms with van der Waals surface area (Å²) in [6.45, 7) is 0.0160. The van der Waals surface area contributed by atoms with Crippen LogP contribution in [0.3, 0.4) is 0 Å². The molecule has 1 fully saturated rings. The third kappa shape index (κ3) is 4.85. The van der Waals surface area contributed by atoms with Gasteiger partial charge in [0.2, 0.25) is 10.0 Å². The molecule has 1 saturated carbocycles. The Morgan fingerprint density at radius 3 is 2.29 bits per heavy atom. The van der Waals surface area contributed by atoms with Gasteiger partial charge in [0.05, 0.1) is 20.0 Å². The molecule has 0 spiro atoms. The zero-order valence-electron chi connectivity index (χ0n) is 14.0. The second-order valence-electron chi connectivity index (χ2n) is 5.71. The molecule has 2 rings (SSSR count). The topological polar surface area (TPSA) is 93.7 Å². The second kappa shape index (κ2) is 8.34. The molecule has 0 bridgehead atoms. The van der Waals surface area contributed by atoms with E-state index in [0.717, 1.165) is 25.7 Å². The van der Waals surface area contributed by atoms with E-state index in [9.17, 15) is 13.2 Å². The fraction of sp³-hybridized carbons (Fsp3) is 0.562. The number of nitrogens with one attached hydrogen (secondary N) is 2. The van der Waals surface area contributed by atoms with Crippen LogP contribution in [0, 0.1) is 0 Å². The van der Waals surface area contributed by atoms with Gasteiger partial charge in [-0.2, -0.15) is 0 Å². The summed E-state index contributed by atoms with van der Waals surface area (Å²) in [6, 6.07) is 5.04. The van der Waals surface area contributed by atoms with E-state index in [1.807, 2.05) is 0 Å². The highest BCUT2D eigenvalue weighted by molar-refractivity contribution is 7.89. The van der Waals surface area contributed by atoms with E-state index >= 15 is 0 Å². The average molecular weight is 356 g/mol. The highest BCUT2D eigenvalue weighted by Crippen LogP contribution is 2.27. The number of hydrogen-bond donors (Lipinski definition) is 2. The molecule has 1 aliphatic rings. The molecule has 7 nitrogen and oxygen atoms in total. The molecule has 0 saturated heterocycles. The smallest absolute Gasteiger partial charge is 0.258 e. The maximum absolute atomic E-state index is 12.3. The second-order valence-corrected chi connectivity index (χ2v) is 7.58. The van der Waals surface area contributed by atoms with Gasteiger partial charge in [-0.25, -0.2) is 13.1 Å². The van der Waals surface area contributed by atoms with Gasteiger partial charge in [0, 0.05) is 12.6 Å². The van der Waals surface area contributed by atoms with Crippen LogP contribution in [0.2, 0.25) is 0 Å². The number of methoxy groups -OCH3 is 2. The molecule has 0 aliphatic heterocycles. The Balaban J connectivity index is 1.93. The van der Waals surface area contributed by atoms with Gasteiger partial charge >= 0.3 is 0 Å². The Hall–Kier alpha value is -1.80. The number of sulfonamides is 1. The molecule has 0 heterocycles. The number of benzene rings is 1. The molecule has 1 aromatic rings. The van der Waals surface area contributed by atoms with Crippen molar-refractivity contribution < 1.29 is 22.7 Å². The molecule has 0 atom stereocenters. The molecule has 0 unspecified atom stereocenters. The van der Waals surface area contributed by atoms with Crippen LogP contribution < -0.4 is 19.5 Å². The zero-order valence-corrected chi connectivity index (χ0v) is 14.8. The lowest BCUT2D eigenvalue weighted by Crippen LogP contribution is -2.38. The van der Waals surface area contributed by atoms with E-state index in [0.29, 0.717) is 11.5 Å². The van der Waals surface area contributed by atoms with Crippen LogP contribution >= 0.6 is 0 Å². The van der Waals surface area contributed by atoms with Gasteiger partial charge in [0.1, 0.15) is 17.1 Å². The molecule has 8 heteroatoms. The first-order valence-corrected chi connectivity index (χ1v) is 9.61. The molecular weight excluding hydrogens is 332 g/mol. The SMILES string of the molecule is COc1cccc(OC)c1C(=O)NCCS(=O)(=O)NC1CCCC1. The van der Waals surface area contributed by atoms with Crippen molar-refractivity contribution in [3.63, 3.8) is 0 Å². The average Bonchev–Trinajstić information content (AvgIpc) is 3.05. The van der Waals surface area contributed by atoms with Crippen LogP contribution in [0.15, 0.2) is 18.2 Å². The fourth-order valence-electron chi connectivity index (χ4n) is 2.82. The first-order valence-electron chi connectivity index (χ1n) is 7.96. The van der Waals surface area contributed by atoms with Crippen LogP contribution in [-0.4, -0.2) is 46.9 Å². The van der Waals surface area contributed by atoms with Crippen molar-refractivity contribution in [1.82, 2.24) is 10.0 Å². The number of carbonyl (C=O) groups excluding carboxylic acids is 1. The summed E-state index contributed by atoms with van der Waals surface area (Å²) in [4.78, 5) is 12.3. The zero-order chi connectivity index (χ0) is 17.6. The van der Waals surface area contributed by atoms with E-state index in [1.165, 1.54) is 14.2 Å². The molecule has 1 amide bonds. The Bertz CT molecular complexity index is 647. The summed E-state index contributed by atoms with van der Waals surface area (Å²) in [5.41, 5.74) is 0.253. The lowest BCUT2D eigenvalue weighted by molar-refractivity contribution is 0.0950. The minimum atomic E-state index is -3.40. The van der Waals surface area contributed by atoms with Gasteiger partial charge < -0.3 is 14.8 Å². The molecule has 24 heavy (non-hydrogen) atoms. The lowest BCUT2D eigenvalue weighted by Gasteiger charge is -2.14. The molecule has 1 aromatic carbocycles. The van der Waals surface area contributed by atoms with E-state index in [4.69, 9.17) is 9.47 Å². The van der Waals surface area contributed by atoms with Crippen molar-refractivity contribution in [1.29, 1.82) is 0 Å². The van der Waals surface area contributed by atoms with Crippen molar-refractivity contribution in [2.45, 2.75) is 31.7 Å². The van der Waals surface area contributed by atoms with Crippen LogP contribution in [0.4, 0.5) is 0 Å². The molecule has 1 aliphatic carbocycles. The van der Waals surface area contributed by atoms with Crippen molar-refractivity contribution in [2.75, 3.05) is 26.5 Å². The Morgan fingerprint density at radius 2 is 1.75 bits per heavy atom. The van der Waals surface area contributed by atoms with E-state index in [1.54, 1.807) is 18.2 Å². The Morgan fingerprint density at radius 1 is 1.17 bits per heavy atom. The highest BCUT2D eigenvalue weighted by atomic mass is 32.2. The van der Waals surface area contributed by atoms with Crippen LogP contribution in [0.5, 0.6) is 11.5 Å². The number of amides is 1. The van der Waals surface area contributed by atoms with Crippen LogP contribution in [-0.2, 0) is 10.0 Å². The van der Waals surface area contributed by atoms with Crippen molar-refractivity contribution >= 4 is 15.9 Å². The van der Waals surface area contributed by atoms with E-state index < -0.39 is 15.9 Å². The molecular formula is C16H24N2O5S. The molecule has 0 radical (unpaired) electrons. The van der Waals surface area contributed by atoms with E-state index in [2.05, 4.69) is 10.0 Å². The van der Waals surface area contributed by atoms with Crippen LogP contribution in [0.25, 0.3) is 0 Å². The standard InChI is InChI=1S/C16H24N2O5S/c1-22-13-8-5-9-14(23-2)15(13)16(19)17-10-11-24(20,21)18-12-6-3-4-7-12/h5,8-9,12,18H,3-4,6-7,10-11H2,1-2H3,(H,17,19). The number of rotatable bonds is 8. The Labute approximate surface area is 142 Å². The lowest BCUT2D eigenvalue weighted by atomic mass is 10.1. The van der Waals surface area contributed by atoms with Gasteiger partial charge in [-0.1, -0.05) is 18.9 Å². The predicted octanol–water partition coefficient (Wildman–Crippen LogP) is 1.30. The largest absolute Gasteiger partial charge is 0.496 e. The van der Waals surface area contributed by atoms with Gasteiger partial charge in [-0.05, 0) is 25.0 Å². The first kappa shape index (κ1) is 18.5. The third-order valence-corrected chi connectivity index (χ3v) is 5.45. The van der Waals surface area contributed by atoms with Crippen molar-refractivity contribution in [2.24, 2.45) is 0 Å². The molecule has 134 valence electrons. The van der Waals surface area contributed by atoms with Gasteiger partial charge in [0.25, 0.3) is 5.91 Å². The summed E-state index contributed by atoms with van der Waals surface area (Å²) in [5.74, 6) is 0.158.